The minimum Gasteiger partial charge on any atom is -0.292 e. The number of hydrogen-bond donors (Lipinski definition) is 0. The average molecular weight is 456 g/mol. The summed E-state index contributed by atoms with van der Waals surface area (Å²) in [4.78, 5) is 41.0. The highest BCUT2D eigenvalue weighted by Crippen LogP contribution is 2.32. The van der Waals surface area contributed by atoms with Crippen LogP contribution >= 0.6 is 0 Å². The first-order valence-electron chi connectivity index (χ1n) is 10.5. The zero-order valence-corrected chi connectivity index (χ0v) is 19.1. The van der Waals surface area contributed by atoms with Crippen LogP contribution in [0.2, 0.25) is 0 Å². The molecule has 0 saturated carbocycles. The average Bonchev–Trinajstić information content (AvgIpc) is 3.29. The van der Waals surface area contributed by atoms with Crippen LogP contribution in [-0.4, -0.2) is 55.9 Å². The van der Waals surface area contributed by atoms with Gasteiger partial charge in [-0.25, -0.2) is 13.2 Å². The summed E-state index contributed by atoms with van der Waals surface area (Å²) in [6.07, 6.45) is 0.509. The van der Waals surface area contributed by atoms with Crippen molar-refractivity contribution in [3.8, 4) is 0 Å². The van der Waals surface area contributed by atoms with Crippen molar-refractivity contribution in [1.29, 1.82) is 0 Å². The molecule has 1 saturated heterocycles. The number of ketones is 1. The minimum absolute atomic E-state index is 0.00196. The van der Waals surface area contributed by atoms with Gasteiger partial charge in [0.15, 0.2) is 5.78 Å². The second kappa shape index (κ2) is 8.05. The molecule has 3 amide bonds. The molecule has 4 rings (SSSR count). The summed E-state index contributed by atoms with van der Waals surface area (Å²) in [5.74, 6) is -0.795. The van der Waals surface area contributed by atoms with Gasteiger partial charge in [-0.2, -0.15) is 0 Å². The van der Waals surface area contributed by atoms with Gasteiger partial charge in [0.25, 0.3) is 5.91 Å². The zero-order chi connectivity index (χ0) is 23.2. The molecule has 0 spiro atoms. The molecule has 0 aromatic heterocycles. The van der Waals surface area contributed by atoms with Crippen LogP contribution in [0.3, 0.4) is 0 Å². The number of Topliss-reactive ketones (excluding diaryl/α,β-unsaturated/α-hetero) is 1. The molecule has 1 unspecified atom stereocenters. The van der Waals surface area contributed by atoms with E-state index in [0.717, 1.165) is 16.0 Å². The fraction of sp³-hybridized carbons (Fsp3) is 0.348. The number of fused-ring (bicyclic) bond motifs is 1. The Bertz CT molecular complexity index is 1210. The lowest BCUT2D eigenvalue weighted by molar-refractivity contribution is -0.126. The van der Waals surface area contributed by atoms with Crippen LogP contribution in [0.1, 0.15) is 35.3 Å². The fourth-order valence-corrected chi connectivity index (χ4v) is 5.29. The number of benzene rings is 2. The van der Waals surface area contributed by atoms with E-state index < -0.39 is 28.0 Å². The smallest absolute Gasteiger partial charge is 0.292 e. The molecular weight excluding hydrogens is 430 g/mol. The normalized spacial score (nSPS) is 18.5. The first kappa shape index (κ1) is 22.0. The molecule has 2 aromatic carbocycles. The van der Waals surface area contributed by atoms with E-state index in [4.69, 9.17) is 0 Å². The van der Waals surface area contributed by atoms with Crippen molar-refractivity contribution < 1.29 is 22.8 Å². The van der Waals surface area contributed by atoms with Crippen LogP contribution < -0.4 is 9.21 Å². The van der Waals surface area contributed by atoms with Gasteiger partial charge in [-0.3, -0.25) is 23.7 Å². The number of carbonyl (C=O) groups excluding carboxylic acids is 3. The van der Waals surface area contributed by atoms with Crippen LogP contribution in [-0.2, 0) is 21.2 Å². The van der Waals surface area contributed by atoms with Crippen LogP contribution in [0.15, 0.2) is 42.5 Å². The van der Waals surface area contributed by atoms with Gasteiger partial charge >= 0.3 is 6.03 Å². The minimum atomic E-state index is -3.37. The first-order valence-corrected chi connectivity index (χ1v) is 12.1. The molecule has 2 aliphatic rings. The van der Waals surface area contributed by atoms with E-state index >= 15 is 0 Å². The Morgan fingerprint density at radius 1 is 1.09 bits per heavy atom. The zero-order valence-electron chi connectivity index (χ0n) is 18.2. The number of aryl methyl sites for hydroxylation is 1. The molecule has 32 heavy (non-hydrogen) atoms. The van der Waals surface area contributed by atoms with Crippen LogP contribution in [0.5, 0.6) is 0 Å². The van der Waals surface area contributed by atoms with Gasteiger partial charge in [-0.1, -0.05) is 17.7 Å². The molecule has 1 atom stereocenters. The van der Waals surface area contributed by atoms with E-state index in [-0.39, 0.29) is 18.1 Å². The molecule has 0 aliphatic carbocycles. The molecule has 0 N–H and O–H groups in total. The molecular formula is C23H25N3O5S. The topological polar surface area (TPSA) is 95.1 Å². The monoisotopic (exact) mass is 455 g/mol. The second-order valence-corrected chi connectivity index (χ2v) is 10.3. The number of carbonyl (C=O) groups is 3. The third kappa shape index (κ3) is 3.66. The number of sulfonamides is 1. The van der Waals surface area contributed by atoms with E-state index in [1.165, 1.54) is 9.21 Å². The molecule has 2 heterocycles. The number of hydrogen-bond acceptors (Lipinski definition) is 5. The second-order valence-electron chi connectivity index (χ2n) is 8.08. The summed E-state index contributed by atoms with van der Waals surface area (Å²) >= 11 is 0. The molecule has 2 aliphatic heterocycles. The number of nitrogens with zero attached hydrogens (tertiary/aromatic N) is 3. The Morgan fingerprint density at radius 2 is 1.78 bits per heavy atom. The Kier molecular flexibility index (Phi) is 5.54. The molecule has 0 radical (unpaired) electrons. The Morgan fingerprint density at radius 3 is 2.44 bits per heavy atom. The number of rotatable bonds is 6. The summed E-state index contributed by atoms with van der Waals surface area (Å²) in [6, 6.07) is 10.9. The van der Waals surface area contributed by atoms with E-state index in [2.05, 4.69) is 0 Å². The quantitative estimate of drug-likeness (QED) is 0.493. The maximum absolute atomic E-state index is 13.0. The third-order valence-corrected chi connectivity index (χ3v) is 7.80. The number of urea groups is 1. The SMILES string of the molecule is CCS(=O)(=O)N1CCc2cc(C(=O)CN3C(=O)C(C)N(c4ccc(C)cc4)C3=O)ccc21. The molecule has 9 heteroatoms. The van der Waals surface area contributed by atoms with E-state index in [1.54, 1.807) is 44.2 Å². The summed E-state index contributed by atoms with van der Waals surface area (Å²) in [5.41, 5.74) is 3.33. The molecule has 1 fully saturated rings. The van der Waals surface area contributed by atoms with Crippen LogP contribution in [0, 0.1) is 6.92 Å². The summed E-state index contributed by atoms with van der Waals surface area (Å²) in [7, 11) is -3.37. The van der Waals surface area contributed by atoms with Crippen molar-refractivity contribution in [2.45, 2.75) is 33.2 Å². The molecule has 8 nitrogen and oxygen atoms in total. The molecule has 2 aromatic rings. The Labute approximate surface area is 187 Å². The van der Waals surface area contributed by atoms with Crippen molar-refractivity contribution in [2.75, 3.05) is 28.0 Å². The van der Waals surface area contributed by atoms with Crippen molar-refractivity contribution in [1.82, 2.24) is 4.90 Å². The van der Waals surface area contributed by atoms with Crippen molar-refractivity contribution in [3.63, 3.8) is 0 Å². The first-order chi connectivity index (χ1) is 15.1. The van der Waals surface area contributed by atoms with Gasteiger partial charge in [0.1, 0.15) is 6.04 Å². The third-order valence-electron chi connectivity index (χ3n) is 6.02. The number of amides is 3. The van der Waals surface area contributed by atoms with E-state index in [9.17, 15) is 22.8 Å². The fourth-order valence-electron chi connectivity index (χ4n) is 4.14. The van der Waals surface area contributed by atoms with E-state index in [1.807, 2.05) is 19.1 Å². The highest BCUT2D eigenvalue weighted by Gasteiger charge is 2.44. The van der Waals surface area contributed by atoms with Crippen molar-refractivity contribution in [3.05, 3.63) is 59.2 Å². The van der Waals surface area contributed by atoms with Gasteiger partial charge in [0, 0.05) is 17.8 Å². The summed E-state index contributed by atoms with van der Waals surface area (Å²) in [6.45, 7) is 5.15. The highest BCUT2D eigenvalue weighted by molar-refractivity contribution is 7.92. The predicted octanol–water partition coefficient (Wildman–Crippen LogP) is 2.75. The van der Waals surface area contributed by atoms with Crippen LogP contribution in [0.25, 0.3) is 0 Å². The summed E-state index contributed by atoms with van der Waals surface area (Å²) < 4.78 is 25.9. The standard InChI is InChI=1S/C23H25N3O5S/c1-4-32(30,31)25-12-11-17-13-18(7-10-20(17)25)21(27)14-24-22(28)16(3)26(23(24)29)19-8-5-15(2)6-9-19/h5-10,13,16H,4,11-12,14H2,1-3H3. The number of anilines is 2. The van der Waals surface area contributed by atoms with Crippen LogP contribution in [0.4, 0.5) is 16.2 Å². The Hall–Kier alpha value is -3.20. The summed E-state index contributed by atoms with van der Waals surface area (Å²) in [5, 5.41) is 0. The van der Waals surface area contributed by atoms with Gasteiger partial charge < -0.3 is 0 Å². The van der Waals surface area contributed by atoms with Gasteiger partial charge in [0.2, 0.25) is 10.0 Å². The molecule has 168 valence electrons. The van der Waals surface area contributed by atoms with Gasteiger partial charge in [-0.05, 0) is 63.1 Å². The van der Waals surface area contributed by atoms with Gasteiger partial charge in [0.05, 0.1) is 18.0 Å². The lowest BCUT2D eigenvalue weighted by Crippen LogP contribution is -2.37. The lowest BCUT2D eigenvalue weighted by atomic mass is 10.0. The van der Waals surface area contributed by atoms with Crippen molar-refractivity contribution >= 4 is 39.1 Å². The maximum atomic E-state index is 13.0. The lowest BCUT2D eigenvalue weighted by Gasteiger charge is -2.19. The number of imide groups is 1. The molecule has 0 bridgehead atoms. The largest absolute Gasteiger partial charge is 0.332 e. The maximum Gasteiger partial charge on any atom is 0.332 e. The predicted molar refractivity (Wildman–Crippen MR) is 122 cm³/mol. The highest BCUT2D eigenvalue weighted by atomic mass is 32.2. The Balaban J connectivity index is 1.54. The van der Waals surface area contributed by atoms with E-state index in [0.29, 0.717) is 29.9 Å². The van der Waals surface area contributed by atoms with Crippen molar-refractivity contribution in [2.24, 2.45) is 0 Å². The van der Waals surface area contributed by atoms with Gasteiger partial charge in [-0.15, -0.1) is 0 Å².